The third-order valence-electron chi connectivity index (χ3n) is 10.7. The Morgan fingerprint density at radius 2 is 0.743 bits per heavy atom. The second kappa shape index (κ2) is 51.5. The highest BCUT2D eigenvalue weighted by atomic mass is 31.2. The van der Waals surface area contributed by atoms with Crippen molar-refractivity contribution in [1.82, 2.24) is 0 Å². The van der Waals surface area contributed by atoms with E-state index in [1.54, 1.807) is 0 Å². The van der Waals surface area contributed by atoms with Crippen LogP contribution in [0.25, 0.3) is 0 Å². The topological polar surface area (TPSA) is 155 Å². The van der Waals surface area contributed by atoms with Crippen molar-refractivity contribution in [3.63, 3.8) is 0 Å². The molecule has 11 nitrogen and oxygen atoms in total. The van der Waals surface area contributed by atoms with Crippen molar-refractivity contribution in [2.75, 3.05) is 26.4 Å². The number of hydrogen-bond acceptors (Lipinski definition) is 10. The second-order valence-corrected chi connectivity index (χ2v) is 18.7. The minimum atomic E-state index is -4.77. The van der Waals surface area contributed by atoms with Gasteiger partial charge in [-0.3, -0.25) is 23.4 Å². The summed E-state index contributed by atoms with van der Waals surface area (Å²) in [7, 11) is -4.77. The van der Waals surface area contributed by atoms with Gasteiger partial charge in [0.1, 0.15) is 12.7 Å². The maximum absolute atomic E-state index is 12.9. The van der Waals surface area contributed by atoms with Crippen LogP contribution in [0.5, 0.6) is 0 Å². The molecule has 0 heterocycles. The summed E-state index contributed by atoms with van der Waals surface area (Å²) < 4.78 is 39.3. The number of hydrogen-bond donors (Lipinski definition) is 2. The predicted octanol–water partition coefficient (Wildman–Crippen LogP) is 15.5. The molecule has 398 valence electrons. The second-order valence-electron chi connectivity index (χ2n) is 17.3. The molecule has 0 rings (SSSR count). The molecule has 3 unspecified atom stereocenters. The van der Waals surface area contributed by atoms with Crippen LogP contribution in [0.1, 0.15) is 201 Å². The number of rotatable bonds is 48. The maximum atomic E-state index is 12.9. The molecule has 2 N–H and O–H groups in total. The van der Waals surface area contributed by atoms with E-state index in [4.69, 9.17) is 23.3 Å². The Morgan fingerprint density at radius 3 is 1.19 bits per heavy atom. The molecule has 0 fully saturated rings. The van der Waals surface area contributed by atoms with Crippen molar-refractivity contribution < 1.29 is 52.2 Å². The maximum Gasteiger partial charge on any atom is 0.472 e. The fourth-order valence-electron chi connectivity index (χ4n) is 6.61. The summed E-state index contributed by atoms with van der Waals surface area (Å²) in [6.45, 7) is 4.26. The highest BCUT2D eigenvalue weighted by Gasteiger charge is 2.28. The third-order valence-corrected chi connectivity index (χ3v) is 11.6. The van der Waals surface area contributed by atoms with E-state index in [2.05, 4.69) is 130 Å². The molecular formula is C58H95O11P. The summed E-state index contributed by atoms with van der Waals surface area (Å²) in [6.07, 6.45) is 60.6. The Hall–Kier alpha value is -3.86. The monoisotopic (exact) mass is 999 g/mol. The number of allylic oxidation sites excluding steroid dienone is 18. The van der Waals surface area contributed by atoms with Crippen molar-refractivity contribution in [3.05, 3.63) is 109 Å². The quantitative estimate of drug-likeness (QED) is 0.0197. The van der Waals surface area contributed by atoms with Crippen molar-refractivity contribution >= 4 is 25.7 Å². The Balaban J connectivity index is 4.82. The summed E-state index contributed by atoms with van der Waals surface area (Å²) in [5.74, 6) is -1.56. The summed E-state index contributed by atoms with van der Waals surface area (Å²) in [5, 5.41) is 9.78. The Kier molecular flexibility index (Phi) is 48.7. The van der Waals surface area contributed by atoms with E-state index in [1.807, 2.05) is 0 Å². The van der Waals surface area contributed by atoms with Gasteiger partial charge in [-0.1, -0.05) is 175 Å². The fraction of sp³-hybridized carbons (Fsp3) is 0.638. The van der Waals surface area contributed by atoms with Gasteiger partial charge >= 0.3 is 25.7 Å². The van der Waals surface area contributed by atoms with E-state index in [0.29, 0.717) is 19.3 Å². The van der Waals surface area contributed by atoms with Gasteiger partial charge in [-0.15, -0.1) is 0 Å². The summed E-state index contributed by atoms with van der Waals surface area (Å²) in [6, 6.07) is 0. The SMILES string of the molecule is CC/C=C\C/C=C\C/C=C\C/C=C\CCCCCCC(=O)OC(COC(=O)CCCCCCC/C=C\CCCC)COP(=O)(O)OCC(CO)OC(=O)CCCC/C=C\C/C=C\C/C=C\C/C=C\CC. The zero-order valence-electron chi connectivity index (χ0n) is 43.7. The van der Waals surface area contributed by atoms with Crippen LogP contribution in [0.15, 0.2) is 109 Å². The van der Waals surface area contributed by atoms with Crippen molar-refractivity contribution in [2.45, 2.75) is 213 Å². The standard InChI is InChI=1S/C58H95O11P/c1-4-7-10-13-16-19-22-24-26-27-29-31-34-37-40-43-46-49-58(62)69-55(51-65-56(60)47-44-41-38-35-32-21-18-15-12-9-6-3)53-67-70(63,64)66-52-54(50-59)68-57(61)48-45-42-39-36-33-30-28-25-23-20-17-14-11-8-5-2/h7-8,10-11,15-20,24-26,28-29,31,33,36,54-55,59H,4-6,9,12-14,21-23,27,30,32,34-35,37-53H2,1-3H3,(H,63,64)/b10-7-,11-8-,18-15-,19-16-,20-17-,26-24-,28-25-,31-29-,36-33-. The average molecular weight is 999 g/mol. The lowest BCUT2D eigenvalue weighted by molar-refractivity contribution is -0.161. The minimum Gasteiger partial charge on any atom is -0.462 e. The van der Waals surface area contributed by atoms with E-state index in [0.717, 1.165) is 128 Å². The number of carbonyl (C=O) groups is 3. The Labute approximate surface area is 425 Å². The Bertz CT molecular complexity index is 1590. The van der Waals surface area contributed by atoms with Crippen LogP contribution in [0.2, 0.25) is 0 Å². The van der Waals surface area contributed by atoms with E-state index < -0.39 is 57.8 Å². The molecule has 0 aliphatic carbocycles. The van der Waals surface area contributed by atoms with Gasteiger partial charge in [-0.25, -0.2) is 4.57 Å². The van der Waals surface area contributed by atoms with Crippen molar-refractivity contribution in [1.29, 1.82) is 0 Å². The summed E-state index contributed by atoms with van der Waals surface area (Å²) in [5.41, 5.74) is 0. The third kappa shape index (κ3) is 49.1. The Morgan fingerprint density at radius 1 is 0.414 bits per heavy atom. The molecule has 0 radical (unpaired) electrons. The zero-order valence-corrected chi connectivity index (χ0v) is 44.6. The van der Waals surface area contributed by atoms with Crippen LogP contribution in [-0.2, 0) is 42.2 Å². The van der Waals surface area contributed by atoms with Gasteiger partial charge in [-0.05, 0) is 116 Å². The fourth-order valence-corrected chi connectivity index (χ4v) is 7.39. The molecule has 12 heteroatoms. The van der Waals surface area contributed by atoms with Crippen LogP contribution in [-0.4, -0.2) is 66.5 Å². The first kappa shape index (κ1) is 66.1. The first-order valence-electron chi connectivity index (χ1n) is 26.8. The van der Waals surface area contributed by atoms with Gasteiger partial charge in [-0.2, -0.15) is 0 Å². The van der Waals surface area contributed by atoms with E-state index in [9.17, 15) is 28.9 Å². The number of carbonyl (C=O) groups excluding carboxylic acids is 3. The van der Waals surface area contributed by atoms with Crippen molar-refractivity contribution in [3.8, 4) is 0 Å². The van der Waals surface area contributed by atoms with E-state index in [-0.39, 0.29) is 25.9 Å². The van der Waals surface area contributed by atoms with E-state index in [1.165, 1.54) is 12.8 Å². The van der Waals surface area contributed by atoms with Gasteiger partial charge in [0.2, 0.25) is 0 Å². The number of unbranched alkanes of at least 4 members (excludes halogenated alkanes) is 13. The molecule has 0 bridgehead atoms. The number of ether oxygens (including phenoxy) is 3. The molecule has 70 heavy (non-hydrogen) atoms. The first-order valence-corrected chi connectivity index (χ1v) is 28.3. The molecule has 0 spiro atoms. The van der Waals surface area contributed by atoms with Gasteiger partial charge in [0.15, 0.2) is 6.10 Å². The molecular weight excluding hydrogens is 904 g/mol. The molecule has 0 aromatic rings. The average Bonchev–Trinajstić information content (AvgIpc) is 3.35. The van der Waals surface area contributed by atoms with Crippen LogP contribution >= 0.6 is 7.82 Å². The smallest absolute Gasteiger partial charge is 0.462 e. The molecule has 0 saturated carbocycles. The molecule has 0 saturated heterocycles. The van der Waals surface area contributed by atoms with Crippen LogP contribution in [0.3, 0.4) is 0 Å². The normalized spacial score (nSPS) is 14.3. The molecule has 0 amide bonds. The lowest BCUT2D eigenvalue weighted by Gasteiger charge is -2.21. The number of phosphoric ester groups is 1. The molecule has 0 aromatic carbocycles. The van der Waals surface area contributed by atoms with Gasteiger partial charge < -0.3 is 24.2 Å². The molecule has 3 atom stereocenters. The highest BCUT2D eigenvalue weighted by Crippen LogP contribution is 2.43. The number of aliphatic hydroxyl groups excluding tert-OH is 1. The van der Waals surface area contributed by atoms with Crippen LogP contribution in [0, 0.1) is 0 Å². The van der Waals surface area contributed by atoms with Crippen molar-refractivity contribution in [2.24, 2.45) is 0 Å². The van der Waals surface area contributed by atoms with Gasteiger partial charge in [0.05, 0.1) is 19.8 Å². The predicted molar refractivity (Wildman–Crippen MR) is 288 cm³/mol. The zero-order chi connectivity index (χ0) is 51.3. The first-order chi connectivity index (χ1) is 34.2. The van der Waals surface area contributed by atoms with Gasteiger partial charge in [0, 0.05) is 19.3 Å². The van der Waals surface area contributed by atoms with Crippen LogP contribution < -0.4 is 0 Å². The molecule has 0 aliphatic rings. The lowest BCUT2D eigenvalue weighted by Crippen LogP contribution is -2.30. The largest absolute Gasteiger partial charge is 0.472 e. The molecule has 0 aromatic heterocycles. The highest BCUT2D eigenvalue weighted by molar-refractivity contribution is 7.47. The molecule has 0 aliphatic heterocycles. The summed E-state index contributed by atoms with van der Waals surface area (Å²) in [4.78, 5) is 48.4. The van der Waals surface area contributed by atoms with Crippen LogP contribution in [0.4, 0.5) is 0 Å². The number of phosphoric acid groups is 1. The van der Waals surface area contributed by atoms with Gasteiger partial charge in [0.25, 0.3) is 0 Å². The minimum absolute atomic E-state index is 0.117. The van der Waals surface area contributed by atoms with E-state index >= 15 is 0 Å². The number of esters is 3. The number of aliphatic hydroxyl groups is 1. The summed E-state index contributed by atoms with van der Waals surface area (Å²) >= 11 is 0. The lowest BCUT2D eigenvalue weighted by atomic mass is 10.1.